The van der Waals surface area contributed by atoms with Gasteiger partial charge >= 0.3 is 17.9 Å². The zero-order valence-electron chi connectivity index (χ0n) is 41.1. The molecule has 8 heteroatoms. The van der Waals surface area contributed by atoms with Crippen LogP contribution in [0.4, 0.5) is 0 Å². The number of hydrogen-bond acceptors (Lipinski definition) is 6. The number of aliphatic carboxylic acids is 1. The number of carbonyl (C=O) groups is 3. The summed E-state index contributed by atoms with van der Waals surface area (Å²) in [6.07, 6.45) is 49.7. The second-order valence-corrected chi connectivity index (χ2v) is 19.1. The van der Waals surface area contributed by atoms with Crippen LogP contribution < -0.4 is 0 Å². The Bertz CT molecular complexity index is 1010. The normalized spacial score (nSPS) is 12.9. The average molecular weight is 865 g/mol. The van der Waals surface area contributed by atoms with Gasteiger partial charge in [-0.15, -0.1) is 0 Å². The van der Waals surface area contributed by atoms with Crippen LogP contribution in [0.1, 0.15) is 258 Å². The summed E-state index contributed by atoms with van der Waals surface area (Å²) >= 11 is 0. The molecule has 0 aromatic carbocycles. The molecule has 61 heavy (non-hydrogen) atoms. The summed E-state index contributed by atoms with van der Waals surface area (Å²) < 4.78 is 17.4. The molecule has 1 N–H and O–H groups in total. The van der Waals surface area contributed by atoms with Gasteiger partial charge in [0.2, 0.25) is 0 Å². The Morgan fingerprint density at radius 2 is 0.820 bits per heavy atom. The fourth-order valence-electron chi connectivity index (χ4n) is 8.09. The molecule has 0 heterocycles. The third kappa shape index (κ3) is 43.1. The van der Waals surface area contributed by atoms with Gasteiger partial charge in [-0.3, -0.25) is 9.59 Å². The minimum Gasteiger partial charge on any atom is -0.477 e. The maximum Gasteiger partial charge on any atom is 0.362 e. The first kappa shape index (κ1) is 59.1. The molecule has 0 radical (unpaired) electrons. The minimum atomic E-state index is -0.871. The van der Waals surface area contributed by atoms with Gasteiger partial charge in [0.15, 0.2) is 12.1 Å². The summed E-state index contributed by atoms with van der Waals surface area (Å²) in [5.74, 6) is -1.45. The number of nitrogens with zero attached hydrogens (tertiary/aromatic N) is 1. The number of likely N-dealkylation sites (N-methyl/N-ethyl adjacent to an activating group) is 1. The number of carboxylic acid groups (broad SMARTS) is 1. The lowest BCUT2D eigenvalue weighted by atomic mass is 10.0. The molecule has 0 spiro atoms. The van der Waals surface area contributed by atoms with Crippen molar-refractivity contribution in [3.63, 3.8) is 0 Å². The van der Waals surface area contributed by atoms with E-state index in [1.807, 2.05) is 21.1 Å². The van der Waals surface area contributed by atoms with Crippen molar-refractivity contribution >= 4 is 17.9 Å². The zero-order valence-corrected chi connectivity index (χ0v) is 41.1. The van der Waals surface area contributed by atoms with Crippen molar-refractivity contribution in [2.45, 2.75) is 270 Å². The van der Waals surface area contributed by atoms with Gasteiger partial charge in [-0.25, -0.2) is 4.79 Å². The van der Waals surface area contributed by atoms with Crippen molar-refractivity contribution < 1.29 is 38.2 Å². The van der Waals surface area contributed by atoms with Crippen LogP contribution in [-0.4, -0.2) is 80.6 Å². The summed E-state index contributed by atoms with van der Waals surface area (Å²) in [5.41, 5.74) is 0. The molecule has 360 valence electrons. The number of unbranched alkanes of at least 4 members (excludes halogenated alkanes) is 32. The van der Waals surface area contributed by atoms with Crippen LogP contribution >= 0.6 is 0 Å². The lowest BCUT2D eigenvalue weighted by Crippen LogP contribution is -2.50. The summed E-state index contributed by atoms with van der Waals surface area (Å²) in [6, 6.07) is -0.611. The van der Waals surface area contributed by atoms with E-state index in [4.69, 9.17) is 14.2 Å². The third-order valence-corrected chi connectivity index (χ3v) is 12.2. The Hall–Kier alpha value is -1.93. The molecule has 8 nitrogen and oxygen atoms in total. The number of allylic oxidation sites excluding steroid dienone is 2. The van der Waals surface area contributed by atoms with Gasteiger partial charge in [-0.1, -0.05) is 212 Å². The number of carbonyl (C=O) groups excluding carboxylic acids is 2. The standard InChI is InChI=1S/C53H101NO7/c1-6-8-10-12-14-16-18-20-22-24-25-26-27-28-30-31-33-35-37-39-41-43-51(55)60-48-49(47-59-46-45-50(53(57)58)54(3,4)5)61-52(56)44-42-40-38-36-34-32-29-23-21-19-17-15-13-11-9-7-2/h26-27,49-50H,6-25,28-48H2,1-5H3/p+1/b27-26+. The molecule has 0 bridgehead atoms. The molecule has 0 aromatic rings. The first-order chi connectivity index (χ1) is 29.6. The Labute approximate surface area is 378 Å². The molecule has 0 aliphatic carbocycles. The molecule has 2 unspecified atom stereocenters. The van der Waals surface area contributed by atoms with Gasteiger partial charge in [0.1, 0.15) is 6.61 Å². The van der Waals surface area contributed by atoms with Crippen molar-refractivity contribution in [2.75, 3.05) is 41.0 Å². The van der Waals surface area contributed by atoms with E-state index in [9.17, 15) is 19.5 Å². The number of esters is 2. The minimum absolute atomic E-state index is 0.0467. The highest BCUT2D eigenvalue weighted by molar-refractivity contribution is 5.72. The summed E-state index contributed by atoms with van der Waals surface area (Å²) in [7, 11) is 5.55. The number of rotatable bonds is 48. The van der Waals surface area contributed by atoms with Gasteiger partial charge < -0.3 is 23.8 Å². The van der Waals surface area contributed by atoms with Gasteiger partial charge in [-0.2, -0.15) is 0 Å². The van der Waals surface area contributed by atoms with E-state index in [-0.39, 0.29) is 36.2 Å². The zero-order chi connectivity index (χ0) is 44.9. The molecule has 0 fully saturated rings. The van der Waals surface area contributed by atoms with E-state index >= 15 is 0 Å². The van der Waals surface area contributed by atoms with Gasteiger partial charge in [0.25, 0.3) is 0 Å². The Balaban J connectivity index is 4.19. The van der Waals surface area contributed by atoms with Crippen LogP contribution in [0.15, 0.2) is 12.2 Å². The molecular formula is C53H102NO7+. The van der Waals surface area contributed by atoms with Crippen LogP contribution in [0.25, 0.3) is 0 Å². The van der Waals surface area contributed by atoms with Crippen molar-refractivity contribution in [2.24, 2.45) is 0 Å². The van der Waals surface area contributed by atoms with Crippen LogP contribution in [-0.2, 0) is 28.6 Å². The first-order valence-electron chi connectivity index (χ1n) is 26.2. The number of hydrogen-bond donors (Lipinski definition) is 1. The van der Waals surface area contributed by atoms with Crippen molar-refractivity contribution in [1.29, 1.82) is 0 Å². The lowest BCUT2D eigenvalue weighted by Gasteiger charge is -2.31. The van der Waals surface area contributed by atoms with Crippen molar-refractivity contribution in [1.82, 2.24) is 0 Å². The van der Waals surface area contributed by atoms with Crippen molar-refractivity contribution in [3.8, 4) is 0 Å². The SMILES string of the molecule is CCCCCCCCCCCC/C=C/CCCCCCCCCC(=O)OCC(COCCC(C(=O)O)[N+](C)(C)C)OC(=O)CCCCCCCCCCCCCCCCCC. The van der Waals surface area contributed by atoms with E-state index in [2.05, 4.69) is 26.0 Å². The third-order valence-electron chi connectivity index (χ3n) is 12.2. The van der Waals surface area contributed by atoms with Crippen LogP contribution in [0, 0.1) is 0 Å². The molecule has 0 saturated heterocycles. The van der Waals surface area contributed by atoms with E-state index < -0.39 is 18.1 Å². The quantitative estimate of drug-likeness (QED) is 0.0281. The topological polar surface area (TPSA) is 99.1 Å². The van der Waals surface area contributed by atoms with Crippen LogP contribution in [0.3, 0.4) is 0 Å². The maximum atomic E-state index is 12.8. The Morgan fingerprint density at radius 3 is 1.18 bits per heavy atom. The van der Waals surface area contributed by atoms with Crippen molar-refractivity contribution in [3.05, 3.63) is 12.2 Å². The fraction of sp³-hybridized carbons (Fsp3) is 0.906. The highest BCUT2D eigenvalue weighted by Gasteiger charge is 2.31. The smallest absolute Gasteiger partial charge is 0.362 e. The van der Waals surface area contributed by atoms with Gasteiger partial charge in [0, 0.05) is 19.3 Å². The molecule has 0 aromatic heterocycles. The predicted octanol–water partition coefficient (Wildman–Crippen LogP) is 15.0. The maximum absolute atomic E-state index is 12.8. The van der Waals surface area contributed by atoms with E-state index in [0.717, 1.165) is 38.5 Å². The van der Waals surface area contributed by atoms with E-state index in [0.29, 0.717) is 19.3 Å². The Morgan fingerprint density at radius 1 is 0.475 bits per heavy atom. The van der Waals surface area contributed by atoms with E-state index in [1.54, 1.807) is 0 Å². The highest BCUT2D eigenvalue weighted by atomic mass is 16.6. The number of quaternary nitrogens is 1. The fourth-order valence-corrected chi connectivity index (χ4v) is 8.09. The molecule has 0 rings (SSSR count). The Kier molecular flexibility index (Phi) is 43.3. The average Bonchev–Trinajstić information content (AvgIpc) is 3.22. The van der Waals surface area contributed by atoms with Crippen LogP contribution in [0.5, 0.6) is 0 Å². The largest absolute Gasteiger partial charge is 0.477 e. The molecule has 0 amide bonds. The van der Waals surface area contributed by atoms with Gasteiger partial charge in [-0.05, 0) is 38.5 Å². The predicted molar refractivity (Wildman–Crippen MR) is 257 cm³/mol. The molecule has 0 saturated carbocycles. The highest BCUT2D eigenvalue weighted by Crippen LogP contribution is 2.16. The van der Waals surface area contributed by atoms with E-state index in [1.165, 1.54) is 186 Å². The molecule has 0 aliphatic rings. The second-order valence-electron chi connectivity index (χ2n) is 19.1. The first-order valence-corrected chi connectivity index (χ1v) is 26.2. The lowest BCUT2D eigenvalue weighted by molar-refractivity contribution is -0.887. The molecule has 2 atom stereocenters. The second kappa shape index (κ2) is 44.7. The van der Waals surface area contributed by atoms with Crippen LogP contribution in [0.2, 0.25) is 0 Å². The summed E-state index contributed by atoms with van der Waals surface area (Å²) in [4.78, 5) is 37.1. The summed E-state index contributed by atoms with van der Waals surface area (Å²) in [6.45, 7) is 4.78. The summed E-state index contributed by atoms with van der Waals surface area (Å²) in [5, 5.41) is 9.65. The number of carboxylic acids is 1. The van der Waals surface area contributed by atoms with Gasteiger partial charge in [0.05, 0.1) is 34.4 Å². The molecular weight excluding hydrogens is 763 g/mol. The monoisotopic (exact) mass is 865 g/mol. The number of ether oxygens (including phenoxy) is 3. The molecule has 0 aliphatic heterocycles.